The zero-order valence-corrected chi connectivity index (χ0v) is 7.58. The van der Waals surface area contributed by atoms with E-state index in [1.807, 2.05) is 6.92 Å². The highest BCUT2D eigenvalue weighted by Gasteiger charge is 2.37. The van der Waals surface area contributed by atoms with E-state index in [0.29, 0.717) is 5.75 Å². The number of methoxy groups -OCH3 is 1. The molecule has 2 rings (SSSR count). The molecule has 1 saturated heterocycles. The highest BCUT2D eigenvalue weighted by Crippen LogP contribution is 2.42. The Balaban J connectivity index is 2.34. The lowest BCUT2D eigenvalue weighted by atomic mass is 10.1. The second kappa shape index (κ2) is 3.00. The first-order valence-electron chi connectivity index (χ1n) is 4.21. The van der Waals surface area contributed by atoms with Crippen LogP contribution in [0.3, 0.4) is 0 Å². The van der Waals surface area contributed by atoms with Crippen LogP contribution in [0.25, 0.3) is 0 Å². The second-order valence-corrected chi connectivity index (χ2v) is 3.15. The minimum atomic E-state index is -0.283. The van der Waals surface area contributed by atoms with E-state index < -0.39 is 0 Å². The molecule has 1 aliphatic rings. The summed E-state index contributed by atoms with van der Waals surface area (Å²) in [5.74, 6) is 0.281. The van der Waals surface area contributed by atoms with Gasteiger partial charge in [0.25, 0.3) is 0 Å². The molecule has 13 heavy (non-hydrogen) atoms. The lowest BCUT2D eigenvalue weighted by molar-refractivity contribution is 0.367. The Morgan fingerprint density at radius 2 is 2.15 bits per heavy atom. The maximum absolute atomic E-state index is 12.8. The van der Waals surface area contributed by atoms with Crippen LogP contribution in [0.15, 0.2) is 18.2 Å². The predicted octanol–water partition coefficient (Wildman–Crippen LogP) is 2.29. The fourth-order valence-electron chi connectivity index (χ4n) is 1.43. The molecule has 0 spiro atoms. The van der Waals surface area contributed by atoms with Gasteiger partial charge in [0.15, 0.2) is 0 Å². The van der Waals surface area contributed by atoms with Crippen molar-refractivity contribution in [2.24, 2.45) is 0 Å². The Morgan fingerprint density at radius 1 is 1.46 bits per heavy atom. The van der Waals surface area contributed by atoms with Crippen molar-refractivity contribution in [3.63, 3.8) is 0 Å². The summed E-state index contributed by atoms with van der Waals surface area (Å²) < 4.78 is 23.1. The van der Waals surface area contributed by atoms with Gasteiger partial charge in [0, 0.05) is 11.6 Å². The van der Waals surface area contributed by atoms with Crippen LogP contribution in [0, 0.1) is 5.82 Å². The number of epoxide rings is 1. The molecule has 1 aromatic carbocycles. The highest BCUT2D eigenvalue weighted by molar-refractivity contribution is 5.38. The van der Waals surface area contributed by atoms with E-state index in [4.69, 9.17) is 9.47 Å². The van der Waals surface area contributed by atoms with E-state index in [1.54, 1.807) is 6.07 Å². The molecule has 1 heterocycles. The van der Waals surface area contributed by atoms with E-state index in [-0.39, 0.29) is 18.0 Å². The summed E-state index contributed by atoms with van der Waals surface area (Å²) in [6, 6.07) is 4.51. The average molecular weight is 182 g/mol. The van der Waals surface area contributed by atoms with Gasteiger partial charge in [-0.3, -0.25) is 0 Å². The Hall–Kier alpha value is -1.09. The Labute approximate surface area is 76.3 Å². The Bertz CT molecular complexity index is 325. The summed E-state index contributed by atoms with van der Waals surface area (Å²) in [5.41, 5.74) is 0.927. The predicted molar refractivity (Wildman–Crippen MR) is 46.2 cm³/mol. The van der Waals surface area contributed by atoms with E-state index >= 15 is 0 Å². The molecule has 0 bridgehead atoms. The quantitative estimate of drug-likeness (QED) is 0.654. The molecule has 2 atom stereocenters. The highest BCUT2D eigenvalue weighted by atomic mass is 19.1. The summed E-state index contributed by atoms with van der Waals surface area (Å²) in [5, 5.41) is 0. The lowest BCUT2D eigenvalue weighted by Gasteiger charge is -2.05. The van der Waals surface area contributed by atoms with Gasteiger partial charge in [-0.1, -0.05) is 0 Å². The zero-order chi connectivity index (χ0) is 9.42. The molecule has 0 radical (unpaired) electrons. The molecule has 0 aromatic heterocycles. The number of benzene rings is 1. The van der Waals surface area contributed by atoms with Crippen molar-refractivity contribution < 1.29 is 13.9 Å². The van der Waals surface area contributed by atoms with Crippen molar-refractivity contribution in [2.45, 2.75) is 19.1 Å². The van der Waals surface area contributed by atoms with Crippen LogP contribution in [0.1, 0.15) is 18.6 Å². The molecule has 0 N–H and O–H groups in total. The van der Waals surface area contributed by atoms with E-state index in [1.165, 1.54) is 19.2 Å². The van der Waals surface area contributed by atoms with Crippen molar-refractivity contribution in [1.29, 1.82) is 0 Å². The molecule has 70 valence electrons. The van der Waals surface area contributed by atoms with Crippen LogP contribution in [0.5, 0.6) is 5.75 Å². The molecule has 0 amide bonds. The molecule has 1 fully saturated rings. The summed E-state index contributed by atoms with van der Waals surface area (Å²) in [7, 11) is 1.53. The maximum Gasteiger partial charge on any atom is 0.127 e. The molecular formula is C10H11FO2. The van der Waals surface area contributed by atoms with Gasteiger partial charge < -0.3 is 9.47 Å². The van der Waals surface area contributed by atoms with E-state index in [0.717, 1.165) is 5.56 Å². The van der Waals surface area contributed by atoms with Crippen LogP contribution in [-0.2, 0) is 4.74 Å². The third-order valence-electron chi connectivity index (χ3n) is 2.21. The maximum atomic E-state index is 12.8. The summed E-state index contributed by atoms with van der Waals surface area (Å²) in [4.78, 5) is 0. The van der Waals surface area contributed by atoms with Gasteiger partial charge in [-0.15, -0.1) is 0 Å². The lowest BCUT2D eigenvalue weighted by Crippen LogP contribution is -1.92. The first-order valence-corrected chi connectivity index (χ1v) is 4.21. The molecule has 3 heteroatoms. The first-order chi connectivity index (χ1) is 6.22. The monoisotopic (exact) mass is 182 g/mol. The smallest absolute Gasteiger partial charge is 0.127 e. The first kappa shape index (κ1) is 8.51. The van der Waals surface area contributed by atoms with Crippen LogP contribution < -0.4 is 4.74 Å². The second-order valence-electron chi connectivity index (χ2n) is 3.15. The van der Waals surface area contributed by atoms with Crippen molar-refractivity contribution in [2.75, 3.05) is 7.11 Å². The number of halogens is 1. The third kappa shape index (κ3) is 1.52. The van der Waals surface area contributed by atoms with Crippen LogP contribution in [0.2, 0.25) is 0 Å². The van der Waals surface area contributed by atoms with Gasteiger partial charge in [0.2, 0.25) is 0 Å². The molecule has 0 aliphatic carbocycles. The molecular weight excluding hydrogens is 171 g/mol. The number of ether oxygens (including phenoxy) is 2. The van der Waals surface area contributed by atoms with Crippen molar-refractivity contribution in [3.05, 3.63) is 29.6 Å². The number of hydrogen-bond donors (Lipinski definition) is 0. The molecule has 1 aliphatic heterocycles. The minimum Gasteiger partial charge on any atom is -0.496 e. The Morgan fingerprint density at radius 3 is 2.69 bits per heavy atom. The van der Waals surface area contributed by atoms with Gasteiger partial charge in [-0.25, -0.2) is 4.39 Å². The molecule has 1 aromatic rings. The SMILES string of the molecule is COc1cc(F)ccc1C1O[C@H]1C. The van der Waals surface area contributed by atoms with Crippen LogP contribution in [-0.4, -0.2) is 13.2 Å². The van der Waals surface area contributed by atoms with Gasteiger partial charge in [0.1, 0.15) is 17.7 Å². The fraction of sp³-hybridized carbons (Fsp3) is 0.400. The molecule has 1 unspecified atom stereocenters. The Kier molecular flexibility index (Phi) is 1.96. The topological polar surface area (TPSA) is 21.8 Å². The zero-order valence-electron chi connectivity index (χ0n) is 7.58. The van der Waals surface area contributed by atoms with E-state index in [9.17, 15) is 4.39 Å². The van der Waals surface area contributed by atoms with Crippen LogP contribution >= 0.6 is 0 Å². The fourth-order valence-corrected chi connectivity index (χ4v) is 1.43. The number of rotatable bonds is 2. The van der Waals surface area contributed by atoms with Gasteiger partial charge in [-0.05, 0) is 19.1 Å². The van der Waals surface area contributed by atoms with Crippen LogP contribution in [0.4, 0.5) is 4.39 Å². The summed E-state index contributed by atoms with van der Waals surface area (Å²) in [6.45, 7) is 1.98. The van der Waals surface area contributed by atoms with E-state index in [2.05, 4.69) is 0 Å². The summed E-state index contributed by atoms with van der Waals surface area (Å²) in [6.07, 6.45) is 0.301. The standard InChI is InChI=1S/C10H11FO2/c1-6-10(13-6)8-4-3-7(11)5-9(8)12-2/h3-6,10H,1-2H3/t6-,10?/m0/s1. The normalized spacial score (nSPS) is 25.8. The molecule has 2 nitrogen and oxygen atoms in total. The minimum absolute atomic E-state index is 0.0792. The third-order valence-corrected chi connectivity index (χ3v) is 2.21. The summed E-state index contributed by atoms with van der Waals surface area (Å²) >= 11 is 0. The van der Waals surface area contributed by atoms with Gasteiger partial charge in [0.05, 0.1) is 13.2 Å². The van der Waals surface area contributed by atoms with Crippen molar-refractivity contribution >= 4 is 0 Å². The van der Waals surface area contributed by atoms with Crippen molar-refractivity contribution in [1.82, 2.24) is 0 Å². The van der Waals surface area contributed by atoms with Gasteiger partial charge in [-0.2, -0.15) is 0 Å². The van der Waals surface area contributed by atoms with Gasteiger partial charge >= 0.3 is 0 Å². The van der Waals surface area contributed by atoms with Crippen molar-refractivity contribution in [3.8, 4) is 5.75 Å². The molecule has 0 saturated carbocycles. The largest absolute Gasteiger partial charge is 0.496 e. The average Bonchev–Trinajstić information content (AvgIpc) is 2.82. The number of hydrogen-bond acceptors (Lipinski definition) is 2.